The molecule has 21 heavy (non-hydrogen) atoms. The summed E-state index contributed by atoms with van der Waals surface area (Å²) in [6, 6.07) is 0.294. The van der Waals surface area contributed by atoms with Gasteiger partial charge in [0.2, 0.25) is 0 Å². The normalized spacial score (nSPS) is 35.0. The number of carboxylic acids is 1. The zero-order chi connectivity index (χ0) is 15.0. The molecule has 0 bridgehead atoms. The van der Waals surface area contributed by atoms with E-state index >= 15 is 0 Å². The first-order valence-corrected chi connectivity index (χ1v) is 9.15. The maximum absolute atomic E-state index is 12.5. The largest absolute Gasteiger partial charge is 0.481 e. The van der Waals surface area contributed by atoms with Crippen LogP contribution in [-0.4, -0.2) is 67.0 Å². The van der Waals surface area contributed by atoms with E-state index in [1.165, 1.54) is 4.31 Å². The molecule has 2 N–H and O–H groups in total. The fourth-order valence-corrected chi connectivity index (χ4v) is 5.40. The average molecular weight is 317 g/mol. The molecule has 3 aliphatic rings. The van der Waals surface area contributed by atoms with Crippen LogP contribution in [0.3, 0.4) is 0 Å². The second-order valence-corrected chi connectivity index (χ2v) is 8.00. The van der Waals surface area contributed by atoms with Crippen molar-refractivity contribution in [2.24, 2.45) is 5.92 Å². The fourth-order valence-electron chi connectivity index (χ4n) is 3.85. The summed E-state index contributed by atoms with van der Waals surface area (Å²) in [4.78, 5) is 13.4. The molecule has 0 aromatic rings. The van der Waals surface area contributed by atoms with Crippen LogP contribution in [-0.2, 0) is 15.0 Å². The molecule has 3 rings (SSSR count). The van der Waals surface area contributed by atoms with E-state index in [1.54, 1.807) is 0 Å². The summed E-state index contributed by atoms with van der Waals surface area (Å²) in [5.41, 5.74) is 0. The zero-order valence-electron chi connectivity index (χ0n) is 12.1. The van der Waals surface area contributed by atoms with Gasteiger partial charge in [0.1, 0.15) is 0 Å². The molecule has 3 saturated heterocycles. The molecule has 3 heterocycles. The molecule has 0 aromatic heterocycles. The molecule has 8 heteroatoms. The van der Waals surface area contributed by atoms with Crippen LogP contribution in [0.4, 0.5) is 0 Å². The first-order valence-electron chi connectivity index (χ1n) is 7.71. The maximum Gasteiger partial charge on any atom is 0.307 e. The lowest BCUT2D eigenvalue weighted by Crippen LogP contribution is -2.52. The monoisotopic (exact) mass is 317 g/mol. The van der Waals surface area contributed by atoms with Crippen LogP contribution in [0.25, 0.3) is 0 Å². The minimum atomic E-state index is -3.58. The Morgan fingerprint density at radius 3 is 2.62 bits per heavy atom. The molecule has 120 valence electrons. The summed E-state index contributed by atoms with van der Waals surface area (Å²) >= 11 is 0. The zero-order valence-corrected chi connectivity index (χ0v) is 12.9. The Labute approximate surface area is 125 Å². The van der Waals surface area contributed by atoms with Crippen molar-refractivity contribution in [2.75, 3.05) is 26.2 Å². The van der Waals surface area contributed by atoms with Gasteiger partial charge in [-0.1, -0.05) is 0 Å². The van der Waals surface area contributed by atoms with Crippen molar-refractivity contribution in [3.05, 3.63) is 0 Å². The Hall–Kier alpha value is -0.700. The Balaban J connectivity index is 1.65. The van der Waals surface area contributed by atoms with E-state index in [4.69, 9.17) is 5.11 Å². The van der Waals surface area contributed by atoms with Crippen LogP contribution in [0.15, 0.2) is 0 Å². The molecule has 0 aliphatic carbocycles. The van der Waals surface area contributed by atoms with E-state index in [0.29, 0.717) is 25.4 Å². The topological polar surface area (TPSA) is 90.0 Å². The number of carboxylic acid groups (broad SMARTS) is 1. The second kappa shape index (κ2) is 5.83. The maximum atomic E-state index is 12.5. The number of rotatable bonds is 4. The molecule has 3 fully saturated rings. The van der Waals surface area contributed by atoms with Crippen molar-refractivity contribution < 1.29 is 18.3 Å². The van der Waals surface area contributed by atoms with Crippen molar-refractivity contribution in [1.29, 1.82) is 0 Å². The van der Waals surface area contributed by atoms with Crippen LogP contribution in [0.2, 0.25) is 0 Å². The standard InChI is InChI=1S/C13H23N3O4S/c17-13(18)10-3-1-7-16(9-10)21(19,20)14-11-5-8-15-6-2-4-12(11)15/h10-12,14H,1-9H2,(H,17,18). The number of nitrogens with zero attached hydrogens (tertiary/aromatic N) is 2. The van der Waals surface area contributed by atoms with Crippen molar-refractivity contribution in [3.8, 4) is 0 Å². The van der Waals surface area contributed by atoms with Crippen molar-refractivity contribution in [2.45, 2.75) is 44.2 Å². The number of aliphatic carboxylic acids is 1. The van der Waals surface area contributed by atoms with Gasteiger partial charge in [-0.3, -0.25) is 9.69 Å². The van der Waals surface area contributed by atoms with Crippen LogP contribution in [0, 0.1) is 5.92 Å². The van der Waals surface area contributed by atoms with Crippen LogP contribution >= 0.6 is 0 Å². The summed E-state index contributed by atoms with van der Waals surface area (Å²) in [6.45, 7) is 2.52. The van der Waals surface area contributed by atoms with E-state index < -0.39 is 22.1 Å². The summed E-state index contributed by atoms with van der Waals surface area (Å²) < 4.78 is 29.1. The number of hydrogen-bond donors (Lipinski definition) is 2. The fraction of sp³-hybridized carbons (Fsp3) is 0.923. The molecule has 0 radical (unpaired) electrons. The SMILES string of the molecule is O=C(O)C1CCCN(S(=O)(=O)NC2CCN3CCCC23)C1. The third-order valence-electron chi connectivity index (χ3n) is 4.98. The number of carbonyl (C=O) groups is 1. The van der Waals surface area contributed by atoms with Gasteiger partial charge in [0.15, 0.2) is 0 Å². The quantitative estimate of drug-likeness (QED) is 0.753. The van der Waals surface area contributed by atoms with E-state index in [-0.39, 0.29) is 12.6 Å². The summed E-state index contributed by atoms with van der Waals surface area (Å²) in [6.07, 6.45) is 4.19. The lowest BCUT2D eigenvalue weighted by atomic mass is 10.0. The Morgan fingerprint density at radius 2 is 1.86 bits per heavy atom. The third kappa shape index (κ3) is 3.08. The van der Waals surface area contributed by atoms with E-state index in [1.807, 2.05) is 0 Å². The Bertz CT molecular complexity index is 510. The number of nitrogens with one attached hydrogen (secondary N) is 1. The van der Waals surface area contributed by atoms with E-state index in [9.17, 15) is 13.2 Å². The van der Waals surface area contributed by atoms with Gasteiger partial charge in [0.25, 0.3) is 10.2 Å². The minimum absolute atomic E-state index is 0.0253. The molecule has 7 nitrogen and oxygen atoms in total. The molecule has 0 spiro atoms. The predicted molar refractivity (Wildman–Crippen MR) is 77.0 cm³/mol. The summed E-state index contributed by atoms with van der Waals surface area (Å²) in [5.74, 6) is -1.49. The van der Waals surface area contributed by atoms with Crippen molar-refractivity contribution in [1.82, 2.24) is 13.9 Å². The van der Waals surface area contributed by atoms with Crippen LogP contribution < -0.4 is 4.72 Å². The highest BCUT2D eigenvalue weighted by atomic mass is 32.2. The molecule has 3 aliphatic heterocycles. The molecule has 0 saturated carbocycles. The number of fused-ring (bicyclic) bond motifs is 1. The first kappa shape index (κ1) is 15.2. The predicted octanol–water partition coefficient (Wildman–Crippen LogP) is -0.146. The van der Waals surface area contributed by atoms with Crippen LogP contribution in [0.5, 0.6) is 0 Å². The minimum Gasteiger partial charge on any atom is -0.481 e. The van der Waals surface area contributed by atoms with Crippen LogP contribution in [0.1, 0.15) is 32.1 Å². The molecular weight excluding hydrogens is 294 g/mol. The Kier molecular flexibility index (Phi) is 4.22. The lowest BCUT2D eigenvalue weighted by Gasteiger charge is -2.31. The van der Waals surface area contributed by atoms with Crippen molar-refractivity contribution >= 4 is 16.2 Å². The second-order valence-electron chi connectivity index (χ2n) is 6.30. The van der Waals surface area contributed by atoms with Gasteiger partial charge in [-0.25, -0.2) is 0 Å². The molecule has 3 atom stereocenters. The van der Waals surface area contributed by atoms with Gasteiger partial charge in [-0.05, 0) is 38.6 Å². The van der Waals surface area contributed by atoms with Gasteiger partial charge >= 0.3 is 5.97 Å². The lowest BCUT2D eigenvalue weighted by molar-refractivity contribution is -0.142. The van der Waals surface area contributed by atoms with Gasteiger partial charge in [-0.15, -0.1) is 0 Å². The summed E-state index contributed by atoms with van der Waals surface area (Å²) in [5, 5.41) is 9.08. The summed E-state index contributed by atoms with van der Waals surface area (Å²) in [7, 11) is -3.58. The van der Waals surface area contributed by atoms with Gasteiger partial charge in [0.05, 0.1) is 5.92 Å². The number of piperidine rings is 1. The van der Waals surface area contributed by atoms with E-state index in [2.05, 4.69) is 9.62 Å². The van der Waals surface area contributed by atoms with E-state index in [0.717, 1.165) is 32.4 Å². The molecule has 0 aromatic carbocycles. The average Bonchev–Trinajstić information content (AvgIpc) is 3.04. The third-order valence-corrected chi connectivity index (χ3v) is 6.59. The highest BCUT2D eigenvalue weighted by Crippen LogP contribution is 2.29. The van der Waals surface area contributed by atoms with Gasteiger partial charge < -0.3 is 5.11 Å². The highest BCUT2D eigenvalue weighted by molar-refractivity contribution is 7.87. The van der Waals surface area contributed by atoms with Gasteiger partial charge in [-0.2, -0.15) is 17.4 Å². The van der Waals surface area contributed by atoms with Gasteiger partial charge in [0, 0.05) is 31.7 Å². The first-order chi connectivity index (χ1) is 9.97. The molecule has 3 unspecified atom stereocenters. The number of hydrogen-bond acceptors (Lipinski definition) is 4. The smallest absolute Gasteiger partial charge is 0.307 e. The Morgan fingerprint density at radius 1 is 1.10 bits per heavy atom. The molecule has 0 amide bonds. The highest BCUT2D eigenvalue weighted by Gasteiger charge is 2.41. The van der Waals surface area contributed by atoms with Crippen molar-refractivity contribution in [3.63, 3.8) is 0 Å². The molecular formula is C13H23N3O4S.